The summed E-state index contributed by atoms with van der Waals surface area (Å²) in [4.78, 5) is 65.7. The van der Waals surface area contributed by atoms with Gasteiger partial charge in [-0.2, -0.15) is 0 Å². The number of nitrogens with one attached hydrogen (secondary N) is 1. The first-order valence-electron chi connectivity index (χ1n) is 20.0. The number of esters is 1. The van der Waals surface area contributed by atoms with Crippen molar-refractivity contribution >= 4 is 40.9 Å². The van der Waals surface area contributed by atoms with Crippen LogP contribution in [0.2, 0.25) is 0 Å². The molecule has 5 aromatic carbocycles. The Morgan fingerprint density at radius 2 is 1.42 bits per heavy atom. The topological polar surface area (TPSA) is 147 Å². The summed E-state index contributed by atoms with van der Waals surface area (Å²) < 4.78 is 22.8. The van der Waals surface area contributed by atoms with Gasteiger partial charge in [-0.1, -0.05) is 91.0 Å². The lowest BCUT2D eigenvalue weighted by Gasteiger charge is -2.46. The average molecular weight is 809 g/mol. The number of anilines is 3. The molecule has 60 heavy (non-hydrogen) atoms. The van der Waals surface area contributed by atoms with Crippen molar-refractivity contribution < 1.29 is 43.2 Å². The Labute approximate surface area is 347 Å². The number of carbonyl (C=O) groups excluding carboxylic acids is 4. The minimum absolute atomic E-state index is 0.0153. The molecule has 0 bridgehead atoms. The fourth-order valence-corrected chi connectivity index (χ4v) is 9.57. The minimum Gasteiger partial charge on any atom is -0.508 e. The standard InChI is InChI=1S/C47H44N4O9/c1-57-28-29-59-46(56)50-37-15-9-8-14-36(37)47(45(50)55)38(43(53)48-33-18-20-34(21-19-33)49-24-26-58-27-25-49)40-44(54)60-41(31-12-6-3-7-13-31)39(30-10-4-2-5-11-30)51(40)42(47)32-16-22-35(52)23-17-32/h2-23,38-42,52H,24-29H2,1H3,(H,48,53). The fraction of sp³-hybridized carbons (Fsp3) is 0.277. The number of phenols is 1. The van der Waals surface area contributed by atoms with Crippen molar-refractivity contribution in [1.82, 2.24) is 4.90 Å². The van der Waals surface area contributed by atoms with Crippen LogP contribution in [0.4, 0.5) is 21.9 Å². The van der Waals surface area contributed by atoms with E-state index in [0.717, 1.165) is 29.2 Å². The Hall–Kier alpha value is -6.54. The van der Waals surface area contributed by atoms with Crippen molar-refractivity contribution in [3.8, 4) is 5.75 Å². The van der Waals surface area contributed by atoms with E-state index in [-0.39, 0.29) is 24.7 Å². The zero-order valence-electron chi connectivity index (χ0n) is 32.9. The number of cyclic esters (lactones) is 1. The van der Waals surface area contributed by atoms with Crippen molar-refractivity contribution in [1.29, 1.82) is 0 Å². The average Bonchev–Trinajstić information content (AvgIpc) is 3.74. The van der Waals surface area contributed by atoms with Crippen molar-refractivity contribution in [2.45, 2.75) is 29.6 Å². The molecule has 3 fully saturated rings. The maximum atomic E-state index is 15.9. The Morgan fingerprint density at radius 1 is 0.767 bits per heavy atom. The van der Waals surface area contributed by atoms with Gasteiger partial charge >= 0.3 is 12.1 Å². The van der Waals surface area contributed by atoms with Gasteiger partial charge in [-0.3, -0.25) is 19.3 Å². The molecule has 13 nitrogen and oxygen atoms in total. The molecular weight excluding hydrogens is 765 g/mol. The van der Waals surface area contributed by atoms with Gasteiger partial charge in [0.1, 0.15) is 29.9 Å². The number of methoxy groups -OCH3 is 1. The lowest BCUT2D eigenvalue weighted by atomic mass is 9.65. The molecule has 0 saturated carbocycles. The Balaban J connectivity index is 1.27. The van der Waals surface area contributed by atoms with Crippen LogP contribution >= 0.6 is 0 Å². The van der Waals surface area contributed by atoms with Crippen LogP contribution < -0.4 is 15.1 Å². The zero-order valence-corrected chi connectivity index (χ0v) is 32.9. The van der Waals surface area contributed by atoms with E-state index in [1.54, 1.807) is 48.5 Å². The first-order valence-corrected chi connectivity index (χ1v) is 20.0. The molecule has 2 N–H and O–H groups in total. The van der Waals surface area contributed by atoms with E-state index in [1.807, 2.05) is 77.7 Å². The van der Waals surface area contributed by atoms with Crippen LogP contribution in [0.25, 0.3) is 0 Å². The van der Waals surface area contributed by atoms with E-state index in [0.29, 0.717) is 35.6 Å². The van der Waals surface area contributed by atoms with Crippen LogP contribution in [0.5, 0.6) is 5.75 Å². The van der Waals surface area contributed by atoms with Gasteiger partial charge in [-0.15, -0.1) is 0 Å². The predicted octanol–water partition coefficient (Wildman–Crippen LogP) is 6.32. The lowest BCUT2D eigenvalue weighted by Crippen LogP contribution is -2.54. The number of hydrogen-bond acceptors (Lipinski definition) is 11. The SMILES string of the molecule is COCCOC(=O)N1C(=O)C2(c3ccccc31)C(C(=O)Nc1ccc(N3CCOCC3)cc1)C1C(=O)OC(c3ccccc3)C(c3ccccc3)N1C2c1ccc(O)cc1. The normalized spacial score (nSPS) is 24.8. The third kappa shape index (κ3) is 6.55. The number of hydrogen-bond donors (Lipinski definition) is 2. The summed E-state index contributed by atoms with van der Waals surface area (Å²) in [6.45, 7) is 2.64. The van der Waals surface area contributed by atoms with Crippen LogP contribution in [-0.2, 0) is 38.7 Å². The monoisotopic (exact) mass is 808 g/mol. The van der Waals surface area contributed by atoms with Crippen molar-refractivity contribution in [2.75, 3.05) is 61.7 Å². The van der Waals surface area contributed by atoms with Crippen LogP contribution in [0.1, 0.15) is 40.4 Å². The summed E-state index contributed by atoms with van der Waals surface area (Å²) in [5.41, 5.74) is 2.10. The smallest absolute Gasteiger partial charge is 0.421 e. The number of imide groups is 1. The number of nitrogens with zero attached hydrogens (tertiary/aromatic N) is 3. The highest BCUT2D eigenvalue weighted by molar-refractivity contribution is 6.24. The third-order valence-corrected chi connectivity index (χ3v) is 12.1. The zero-order chi connectivity index (χ0) is 41.4. The second-order valence-electron chi connectivity index (χ2n) is 15.3. The number of aromatic hydroxyl groups is 1. The number of ether oxygens (including phenoxy) is 4. The molecule has 6 atom stereocenters. The number of fused-ring (bicyclic) bond motifs is 3. The van der Waals surface area contributed by atoms with E-state index in [9.17, 15) is 9.90 Å². The molecule has 0 radical (unpaired) electrons. The second kappa shape index (κ2) is 16.3. The molecule has 9 rings (SSSR count). The molecule has 4 heterocycles. The van der Waals surface area contributed by atoms with E-state index in [1.165, 1.54) is 19.2 Å². The van der Waals surface area contributed by atoms with Gasteiger partial charge in [0.05, 0.1) is 43.5 Å². The van der Waals surface area contributed by atoms with E-state index >= 15 is 14.4 Å². The molecule has 1 spiro atoms. The van der Waals surface area contributed by atoms with E-state index < -0.39 is 59.4 Å². The highest BCUT2D eigenvalue weighted by Gasteiger charge is 2.75. The van der Waals surface area contributed by atoms with Gasteiger partial charge in [-0.05, 0) is 64.7 Å². The van der Waals surface area contributed by atoms with Crippen molar-refractivity contribution in [3.05, 3.63) is 156 Å². The number of morpholine rings is 2. The largest absolute Gasteiger partial charge is 0.508 e. The Kier molecular flexibility index (Phi) is 10.5. The van der Waals surface area contributed by atoms with Gasteiger partial charge in [0.25, 0.3) is 0 Å². The summed E-state index contributed by atoms with van der Waals surface area (Å²) in [5.74, 6) is -3.54. The molecule has 4 aliphatic rings. The van der Waals surface area contributed by atoms with Crippen molar-refractivity contribution in [2.24, 2.45) is 5.92 Å². The summed E-state index contributed by atoms with van der Waals surface area (Å²) >= 11 is 0. The maximum absolute atomic E-state index is 15.9. The highest BCUT2D eigenvalue weighted by Crippen LogP contribution is 2.66. The van der Waals surface area contributed by atoms with Gasteiger partial charge in [0.2, 0.25) is 11.8 Å². The molecule has 3 saturated heterocycles. The summed E-state index contributed by atoms with van der Waals surface area (Å²) in [5, 5.41) is 13.7. The van der Waals surface area contributed by atoms with Gasteiger partial charge in [0.15, 0.2) is 0 Å². The predicted molar refractivity (Wildman–Crippen MR) is 221 cm³/mol. The van der Waals surface area contributed by atoms with E-state index in [2.05, 4.69) is 10.2 Å². The number of benzene rings is 5. The maximum Gasteiger partial charge on any atom is 0.421 e. The fourth-order valence-electron chi connectivity index (χ4n) is 9.57. The first kappa shape index (κ1) is 38.9. The van der Waals surface area contributed by atoms with Gasteiger partial charge < -0.3 is 34.3 Å². The summed E-state index contributed by atoms with van der Waals surface area (Å²) in [6, 6.07) is 36.4. The Bertz CT molecular complexity index is 2370. The van der Waals surface area contributed by atoms with E-state index in [4.69, 9.17) is 18.9 Å². The molecule has 13 heteroatoms. The first-order chi connectivity index (χ1) is 29.3. The quantitative estimate of drug-likeness (QED) is 0.128. The second-order valence-corrected chi connectivity index (χ2v) is 15.3. The summed E-state index contributed by atoms with van der Waals surface area (Å²) in [7, 11) is 1.47. The molecule has 3 amide bonds. The molecule has 4 aliphatic heterocycles. The highest BCUT2D eigenvalue weighted by atomic mass is 16.6. The van der Waals surface area contributed by atoms with Crippen LogP contribution in [0, 0.1) is 5.92 Å². The lowest BCUT2D eigenvalue weighted by molar-refractivity contribution is -0.177. The molecular formula is C47H44N4O9. The molecule has 0 aromatic heterocycles. The molecule has 306 valence electrons. The number of rotatable bonds is 9. The third-order valence-electron chi connectivity index (χ3n) is 12.1. The molecule has 6 unspecified atom stereocenters. The molecule has 5 aromatic rings. The van der Waals surface area contributed by atoms with Crippen LogP contribution in [-0.4, -0.2) is 86.6 Å². The van der Waals surface area contributed by atoms with Crippen LogP contribution in [0.3, 0.4) is 0 Å². The van der Waals surface area contributed by atoms with Gasteiger partial charge in [-0.25, -0.2) is 9.69 Å². The molecule has 0 aliphatic carbocycles. The van der Waals surface area contributed by atoms with Gasteiger partial charge in [0, 0.05) is 31.6 Å². The number of amides is 3. The Morgan fingerprint density at radius 3 is 2.10 bits per heavy atom. The number of carbonyl (C=O) groups is 4. The van der Waals surface area contributed by atoms with Crippen molar-refractivity contribution in [3.63, 3.8) is 0 Å². The summed E-state index contributed by atoms with van der Waals surface area (Å²) in [6.07, 6.45) is -1.82. The number of phenolic OH excluding ortho intramolecular Hbond substituents is 1. The van der Waals surface area contributed by atoms with Crippen LogP contribution in [0.15, 0.2) is 133 Å². The number of para-hydroxylation sites is 1. The minimum atomic E-state index is -1.92.